The van der Waals surface area contributed by atoms with Crippen LogP contribution in [0, 0.1) is 17.7 Å². The van der Waals surface area contributed by atoms with Gasteiger partial charge in [0.05, 0.1) is 21.5 Å². The Bertz CT molecular complexity index is 594. The molecule has 0 bridgehead atoms. The molecule has 1 amide bonds. The summed E-state index contributed by atoms with van der Waals surface area (Å²) < 4.78 is 13.5. The molecule has 1 aliphatic heterocycles. The van der Waals surface area contributed by atoms with Crippen LogP contribution in [0.15, 0.2) is 12.1 Å². The molecule has 0 saturated carbocycles. The number of hydrogen-bond acceptors (Lipinski definition) is 2. The van der Waals surface area contributed by atoms with Gasteiger partial charge in [-0.25, -0.2) is 4.39 Å². The molecule has 1 fully saturated rings. The molecule has 0 radical (unpaired) electrons. The maximum Gasteiger partial charge on any atom is 0.308 e. The van der Waals surface area contributed by atoms with Gasteiger partial charge in [0.15, 0.2) is 0 Å². The summed E-state index contributed by atoms with van der Waals surface area (Å²) in [5, 5.41) is 9.01. The molecule has 1 saturated heterocycles. The van der Waals surface area contributed by atoms with Crippen LogP contribution in [0.5, 0.6) is 0 Å². The fourth-order valence-corrected chi connectivity index (χ4v) is 3.02. The van der Waals surface area contributed by atoms with Gasteiger partial charge in [-0.15, -0.1) is 0 Å². The normalized spacial score (nSPS) is 22.2. The molecule has 1 aliphatic rings. The van der Waals surface area contributed by atoms with Crippen molar-refractivity contribution in [1.29, 1.82) is 0 Å². The van der Waals surface area contributed by atoms with Crippen molar-refractivity contribution in [3.8, 4) is 0 Å². The maximum atomic E-state index is 13.5. The average molecular weight is 334 g/mol. The molecule has 7 heteroatoms. The lowest BCUT2D eigenvalue weighted by atomic mass is 9.90. The third kappa shape index (κ3) is 3.47. The lowest BCUT2D eigenvalue weighted by Gasteiger charge is -2.34. The molecular formula is C14H14Cl2FNO3. The molecule has 2 atom stereocenters. The number of halogens is 3. The molecule has 1 heterocycles. The Kier molecular flexibility index (Phi) is 4.74. The van der Waals surface area contributed by atoms with Crippen LogP contribution < -0.4 is 0 Å². The van der Waals surface area contributed by atoms with Crippen LogP contribution in [-0.4, -0.2) is 35.0 Å². The maximum absolute atomic E-state index is 13.5. The number of piperidine rings is 1. The second kappa shape index (κ2) is 6.20. The topological polar surface area (TPSA) is 57.6 Å². The highest BCUT2D eigenvalue weighted by Crippen LogP contribution is 2.28. The van der Waals surface area contributed by atoms with Crippen LogP contribution in [0.2, 0.25) is 10.0 Å². The van der Waals surface area contributed by atoms with Crippen molar-refractivity contribution in [1.82, 2.24) is 4.90 Å². The van der Waals surface area contributed by atoms with E-state index in [1.54, 1.807) is 0 Å². The standard InChI is InChI=1S/C14H14Cl2FNO3/c1-7-2-8(14(20)21)6-18(5-7)13(19)9-3-12(17)11(16)4-10(9)15/h3-4,7-8H,2,5-6H2,1H3,(H,20,21). The van der Waals surface area contributed by atoms with E-state index in [9.17, 15) is 14.0 Å². The van der Waals surface area contributed by atoms with E-state index >= 15 is 0 Å². The fraction of sp³-hybridized carbons (Fsp3) is 0.429. The molecule has 1 aromatic carbocycles. The van der Waals surface area contributed by atoms with Gasteiger partial charge < -0.3 is 10.0 Å². The number of hydrogen-bond donors (Lipinski definition) is 1. The number of carboxylic acids is 1. The first-order valence-corrected chi connectivity index (χ1v) is 7.21. The number of carbonyl (C=O) groups is 2. The summed E-state index contributed by atoms with van der Waals surface area (Å²) in [5.74, 6) is -2.71. The molecule has 0 spiro atoms. The van der Waals surface area contributed by atoms with E-state index in [0.29, 0.717) is 13.0 Å². The lowest BCUT2D eigenvalue weighted by molar-refractivity contribution is -0.143. The smallest absolute Gasteiger partial charge is 0.308 e. The number of likely N-dealkylation sites (tertiary alicyclic amines) is 1. The van der Waals surface area contributed by atoms with Crippen LogP contribution in [0.3, 0.4) is 0 Å². The zero-order valence-corrected chi connectivity index (χ0v) is 12.8. The van der Waals surface area contributed by atoms with E-state index in [1.807, 2.05) is 6.92 Å². The first kappa shape index (κ1) is 16.0. The van der Waals surface area contributed by atoms with E-state index in [2.05, 4.69) is 0 Å². The zero-order chi connectivity index (χ0) is 15.7. The van der Waals surface area contributed by atoms with Gasteiger partial charge in [0.1, 0.15) is 5.82 Å². The summed E-state index contributed by atoms with van der Waals surface area (Å²) in [5.41, 5.74) is -0.00296. The van der Waals surface area contributed by atoms with Gasteiger partial charge in [-0.05, 0) is 24.5 Å². The molecule has 4 nitrogen and oxygen atoms in total. The lowest BCUT2D eigenvalue weighted by Crippen LogP contribution is -2.45. The van der Waals surface area contributed by atoms with Crippen molar-refractivity contribution in [2.24, 2.45) is 11.8 Å². The molecule has 0 aliphatic carbocycles. The number of amides is 1. The first-order chi connectivity index (χ1) is 9.79. The van der Waals surface area contributed by atoms with Crippen molar-refractivity contribution in [3.05, 3.63) is 33.6 Å². The third-order valence-electron chi connectivity index (χ3n) is 3.54. The van der Waals surface area contributed by atoms with Crippen LogP contribution >= 0.6 is 23.2 Å². The van der Waals surface area contributed by atoms with Crippen LogP contribution in [0.4, 0.5) is 4.39 Å². The van der Waals surface area contributed by atoms with Gasteiger partial charge in [0.25, 0.3) is 5.91 Å². The van der Waals surface area contributed by atoms with Crippen LogP contribution in [0.1, 0.15) is 23.7 Å². The summed E-state index contributed by atoms with van der Waals surface area (Å²) in [6.07, 6.45) is 0.516. The Morgan fingerprint density at radius 3 is 2.57 bits per heavy atom. The molecule has 1 aromatic rings. The van der Waals surface area contributed by atoms with Crippen molar-refractivity contribution < 1.29 is 19.1 Å². The quantitative estimate of drug-likeness (QED) is 0.844. The van der Waals surface area contributed by atoms with Crippen molar-refractivity contribution in [3.63, 3.8) is 0 Å². The predicted molar refractivity (Wildman–Crippen MR) is 77.2 cm³/mol. The minimum Gasteiger partial charge on any atom is -0.481 e. The summed E-state index contributed by atoms with van der Waals surface area (Å²) in [7, 11) is 0. The number of rotatable bonds is 2. The highest BCUT2D eigenvalue weighted by Gasteiger charge is 2.33. The molecule has 0 aromatic heterocycles. The molecule has 2 unspecified atom stereocenters. The van der Waals surface area contributed by atoms with Gasteiger partial charge in [-0.1, -0.05) is 30.1 Å². The first-order valence-electron chi connectivity index (χ1n) is 6.46. The molecule has 1 N–H and O–H groups in total. The fourth-order valence-electron chi connectivity index (χ4n) is 2.55. The highest BCUT2D eigenvalue weighted by atomic mass is 35.5. The van der Waals surface area contributed by atoms with Gasteiger partial charge in [0, 0.05) is 13.1 Å². The van der Waals surface area contributed by atoms with Crippen LogP contribution in [-0.2, 0) is 4.79 Å². The SMILES string of the molecule is CC1CC(C(=O)O)CN(C(=O)c2cc(F)c(Cl)cc2Cl)C1. The summed E-state index contributed by atoms with van der Waals surface area (Å²) in [6.45, 7) is 2.39. The number of carboxylic acid groups (broad SMARTS) is 1. The summed E-state index contributed by atoms with van der Waals surface area (Å²) in [4.78, 5) is 25.0. The molecule has 114 valence electrons. The molecule has 2 rings (SSSR count). The van der Waals surface area contributed by atoms with Gasteiger partial charge in [-0.2, -0.15) is 0 Å². The monoisotopic (exact) mass is 333 g/mol. The summed E-state index contributed by atoms with van der Waals surface area (Å²) >= 11 is 11.5. The summed E-state index contributed by atoms with van der Waals surface area (Å²) in [6, 6.07) is 2.16. The van der Waals surface area contributed by atoms with Crippen LogP contribution in [0.25, 0.3) is 0 Å². The Morgan fingerprint density at radius 2 is 1.95 bits per heavy atom. The Balaban J connectivity index is 2.27. The second-order valence-corrected chi connectivity index (χ2v) is 6.15. The Morgan fingerprint density at radius 1 is 1.29 bits per heavy atom. The molecule has 21 heavy (non-hydrogen) atoms. The van der Waals surface area contributed by atoms with E-state index in [4.69, 9.17) is 28.3 Å². The number of benzene rings is 1. The third-order valence-corrected chi connectivity index (χ3v) is 4.14. The minimum atomic E-state index is -0.937. The average Bonchev–Trinajstić information content (AvgIpc) is 2.41. The molecular weight excluding hydrogens is 320 g/mol. The number of aliphatic carboxylic acids is 1. The number of carbonyl (C=O) groups excluding carboxylic acids is 1. The van der Waals surface area contributed by atoms with Crippen molar-refractivity contribution in [2.45, 2.75) is 13.3 Å². The van der Waals surface area contributed by atoms with E-state index in [1.165, 1.54) is 11.0 Å². The van der Waals surface area contributed by atoms with E-state index < -0.39 is 23.6 Å². The second-order valence-electron chi connectivity index (χ2n) is 5.33. The van der Waals surface area contributed by atoms with Gasteiger partial charge >= 0.3 is 5.97 Å². The largest absolute Gasteiger partial charge is 0.481 e. The number of nitrogens with zero attached hydrogens (tertiary/aromatic N) is 1. The Hall–Kier alpha value is -1.33. The predicted octanol–water partition coefficient (Wildman–Crippen LogP) is 3.32. The zero-order valence-electron chi connectivity index (χ0n) is 11.3. The van der Waals surface area contributed by atoms with Crippen molar-refractivity contribution >= 4 is 35.1 Å². The highest BCUT2D eigenvalue weighted by molar-refractivity contribution is 6.36. The van der Waals surface area contributed by atoms with Gasteiger partial charge in [0.2, 0.25) is 0 Å². The van der Waals surface area contributed by atoms with E-state index in [-0.39, 0.29) is 28.1 Å². The minimum absolute atomic E-state index is 0.00296. The van der Waals surface area contributed by atoms with E-state index in [0.717, 1.165) is 6.07 Å². The van der Waals surface area contributed by atoms with Gasteiger partial charge in [-0.3, -0.25) is 9.59 Å². The Labute approximate surface area is 131 Å². The van der Waals surface area contributed by atoms with Crippen molar-refractivity contribution in [2.75, 3.05) is 13.1 Å².